The Balaban J connectivity index is 2.31. The van der Waals surface area contributed by atoms with E-state index in [0.29, 0.717) is 10.9 Å². The van der Waals surface area contributed by atoms with Gasteiger partial charge in [0.2, 0.25) is 0 Å². The van der Waals surface area contributed by atoms with Crippen LogP contribution in [0.1, 0.15) is 43.0 Å². The lowest BCUT2D eigenvalue weighted by molar-refractivity contribution is -0.148. The molecule has 5 nitrogen and oxygen atoms in total. The maximum Gasteiger partial charge on any atom is 0.329 e. The van der Waals surface area contributed by atoms with Crippen LogP contribution in [0.2, 0.25) is 0 Å². The van der Waals surface area contributed by atoms with Crippen molar-refractivity contribution in [3.63, 3.8) is 0 Å². The van der Waals surface area contributed by atoms with Gasteiger partial charge in [-0.15, -0.1) is 0 Å². The lowest BCUT2D eigenvalue weighted by atomic mass is 9.73. The van der Waals surface area contributed by atoms with E-state index in [1.807, 2.05) is 6.92 Å². The van der Waals surface area contributed by atoms with Gasteiger partial charge in [-0.25, -0.2) is 4.79 Å². The number of aromatic hydroxyl groups is 1. The summed E-state index contributed by atoms with van der Waals surface area (Å²) < 4.78 is 0.645. The standard InChI is InChI=1S/C15H18BrNO4/c1-9-4-2-3-7-15(9,14(20)21)17-13(19)11-8-10(16)5-6-12(11)18/h5-6,8-9,18H,2-4,7H2,1H3,(H,17,19)(H,20,21). The zero-order valence-electron chi connectivity index (χ0n) is 11.7. The van der Waals surface area contributed by atoms with Crippen molar-refractivity contribution >= 4 is 27.8 Å². The van der Waals surface area contributed by atoms with Crippen LogP contribution in [0.4, 0.5) is 0 Å². The van der Waals surface area contributed by atoms with Crippen LogP contribution in [0, 0.1) is 5.92 Å². The van der Waals surface area contributed by atoms with Gasteiger partial charge in [-0.3, -0.25) is 4.79 Å². The highest BCUT2D eigenvalue weighted by atomic mass is 79.9. The van der Waals surface area contributed by atoms with Crippen LogP contribution in [0.3, 0.4) is 0 Å². The highest BCUT2D eigenvalue weighted by Gasteiger charge is 2.46. The average molecular weight is 356 g/mol. The van der Waals surface area contributed by atoms with E-state index in [4.69, 9.17) is 0 Å². The highest BCUT2D eigenvalue weighted by Crippen LogP contribution is 2.34. The van der Waals surface area contributed by atoms with Crippen molar-refractivity contribution in [3.8, 4) is 5.75 Å². The molecule has 1 amide bonds. The van der Waals surface area contributed by atoms with Crippen LogP contribution in [0.25, 0.3) is 0 Å². The van der Waals surface area contributed by atoms with Crippen LogP contribution in [0.15, 0.2) is 22.7 Å². The van der Waals surface area contributed by atoms with E-state index in [0.717, 1.165) is 19.3 Å². The number of phenolic OH excluding ortho intramolecular Hbond substituents is 1. The van der Waals surface area contributed by atoms with E-state index in [-0.39, 0.29) is 17.2 Å². The molecular weight excluding hydrogens is 338 g/mol. The van der Waals surface area contributed by atoms with Gasteiger partial charge in [0.25, 0.3) is 5.91 Å². The molecule has 2 unspecified atom stereocenters. The largest absolute Gasteiger partial charge is 0.507 e. The molecular formula is C15H18BrNO4. The zero-order valence-corrected chi connectivity index (χ0v) is 13.3. The fraction of sp³-hybridized carbons (Fsp3) is 0.467. The van der Waals surface area contributed by atoms with Gasteiger partial charge < -0.3 is 15.5 Å². The van der Waals surface area contributed by atoms with Crippen molar-refractivity contribution in [3.05, 3.63) is 28.2 Å². The number of phenols is 1. The molecule has 0 radical (unpaired) electrons. The first-order valence-corrected chi connectivity index (χ1v) is 7.70. The number of amides is 1. The molecule has 2 rings (SSSR count). The Morgan fingerprint density at radius 3 is 2.71 bits per heavy atom. The number of rotatable bonds is 3. The van der Waals surface area contributed by atoms with Gasteiger partial charge in [-0.2, -0.15) is 0 Å². The van der Waals surface area contributed by atoms with Gasteiger partial charge in [0.05, 0.1) is 5.56 Å². The third kappa shape index (κ3) is 3.05. The van der Waals surface area contributed by atoms with Crippen molar-refractivity contribution in [2.24, 2.45) is 5.92 Å². The molecule has 0 aliphatic heterocycles. The Morgan fingerprint density at radius 1 is 1.38 bits per heavy atom. The summed E-state index contributed by atoms with van der Waals surface area (Å²) in [6, 6.07) is 4.49. The molecule has 1 aromatic carbocycles. The Bertz CT molecular complexity index is 575. The maximum atomic E-state index is 12.4. The first kappa shape index (κ1) is 15.8. The van der Waals surface area contributed by atoms with E-state index in [1.54, 1.807) is 6.07 Å². The second-order valence-electron chi connectivity index (χ2n) is 5.54. The van der Waals surface area contributed by atoms with E-state index < -0.39 is 17.4 Å². The minimum atomic E-state index is -1.26. The summed E-state index contributed by atoms with van der Waals surface area (Å²) in [6.07, 6.45) is 2.90. The van der Waals surface area contributed by atoms with Crippen LogP contribution in [0.5, 0.6) is 5.75 Å². The van der Waals surface area contributed by atoms with Gasteiger partial charge in [0, 0.05) is 4.47 Å². The summed E-state index contributed by atoms with van der Waals surface area (Å²) in [4.78, 5) is 24.1. The maximum absolute atomic E-state index is 12.4. The van der Waals surface area contributed by atoms with Crippen molar-refractivity contribution in [2.45, 2.75) is 38.1 Å². The van der Waals surface area contributed by atoms with Gasteiger partial charge >= 0.3 is 5.97 Å². The molecule has 6 heteroatoms. The topological polar surface area (TPSA) is 86.6 Å². The molecule has 0 bridgehead atoms. The molecule has 114 valence electrons. The molecule has 1 fully saturated rings. The van der Waals surface area contributed by atoms with Gasteiger partial charge in [-0.1, -0.05) is 35.7 Å². The Labute approximate surface area is 131 Å². The van der Waals surface area contributed by atoms with Crippen molar-refractivity contribution in [2.75, 3.05) is 0 Å². The molecule has 0 heterocycles. The Hall–Kier alpha value is -1.56. The van der Waals surface area contributed by atoms with Crippen molar-refractivity contribution < 1.29 is 19.8 Å². The molecule has 2 atom stereocenters. The third-order valence-electron chi connectivity index (χ3n) is 4.22. The number of aliphatic carboxylic acids is 1. The number of carboxylic acids is 1. The predicted octanol–water partition coefficient (Wildman–Crippen LogP) is 2.92. The second-order valence-corrected chi connectivity index (χ2v) is 6.45. The molecule has 1 aliphatic rings. The molecule has 21 heavy (non-hydrogen) atoms. The first-order valence-electron chi connectivity index (χ1n) is 6.91. The minimum absolute atomic E-state index is 0.0720. The average Bonchev–Trinajstić information content (AvgIpc) is 2.43. The number of hydrogen-bond acceptors (Lipinski definition) is 3. The second kappa shape index (κ2) is 6.05. The fourth-order valence-electron chi connectivity index (χ4n) is 2.86. The summed E-state index contributed by atoms with van der Waals surface area (Å²) in [5.74, 6) is -1.90. The van der Waals surface area contributed by atoms with Crippen LogP contribution < -0.4 is 5.32 Å². The molecule has 1 aromatic rings. The Kier molecular flexibility index (Phi) is 4.56. The lowest BCUT2D eigenvalue weighted by Crippen LogP contribution is -2.60. The van der Waals surface area contributed by atoms with Crippen molar-refractivity contribution in [1.29, 1.82) is 0 Å². The summed E-state index contributed by atoms with van der Waals surface area (Å²) >= 11 is 3.24. The zero-order chi connectivity index (χ0) is 15.6. The third-order valence-corrected chi connectivity index (χ3v) is 4.71. The SMILES string of the molecule is CC1CCCCC1(NC(=O)c1cc(Br)ccc1O)C(=O)O. The van der Waals surface area contributed by atoms with Crippen LogP contribution >= 0.6 is 15.9 Å². The lowest BCUT2D eigenvalue weighted by Gasteiger charge is -2.39. The molecule has 1 saturated carbocycles. The number of halogens is 1. The van der Waals surface area contributed by atoms with Gasteiger partial charge in [0.15, 0.2) is 0 Å². The number of carbonyl (C=O) groups is 2. The van der Waals surface area contributed by atoms with Crippen molar-refractivity contribution in [1.82, 2.24) is 5.32 Å². The molecule has 0 saturated heterocycles. The summed E-state index contributed by atoms with van der Waals surface area (Å²) in [6.45, 7) is 1.84. The summed E-state index contributed by atoms with van der Waals surface area (Å²) in [5.41, 5.74) is -1.19. The summed E-state index contributed by atoms with van der Waals surface area (Å²) in [7, 11) is 0. The van der Waals surface area contributed by atoms with E-state index in [9.17, 15) is 19.8 Å². The van der Waals surface area contributed by atoms with Crippen LogP contribution in [-0.4, -0.2) is 27.6 Å². The monoisotopic (exact) mass is 355 g/mol. The normalized spacial score (nSPS) is 25.3. The minimum Gasteiger partial charge on any atom is -0.507 e. The number of carboxylic acid groups (broad SMARTS) is 1. The molecule has 0 spiro atoms. The highest BCUT2D eigenvalue weighted by molar-refractivity contribution is 9.10. The quantitative estimate of drug-likeness (QED) is 0.777. The van der Waals surface area contributed by atoms with E-state index in [2.05, 4.69) is 21.2 Å². The fourth-order valence-corrected chi connectivity index (χ4v) is 3.23. The van der Waals surface area contributed by atoms with E-state index in [1.165, 1.54) is 12.1 Å². The molecule has 0 aromatic heterocycles. The van der Waals surface area contributed by atoms with E-state index >= 15 is 0 Å². The number of benzene rings is 1. The van der Waals surface area contributed by atoms with Gasteiger partial charge in [-0.05, 0) is 37.0 Å². The summed E-state index contributed by atoms with van der Waals surface area (Å²) in [5, 5.41) is 22.0. The Morgan fingerprint density at radius 2 is 2.10 bits per heavy atom. The van der Waals surface area contributed by atoms with Crippen LogP contribution in [-0.2, 0) is 4.79 Å². The first-order chi connectivity index (χ1) is 9.86. The van der Waals surface area contributed by atoms with Gasteiger partial charge in [0.1, 0.15) is 11.3 Å². The molecule has 3 N–H and O–H groups in total. The number of hydrogen-bond donors (Lipinski definition) is 3. The predicted molar refractivity (Wildman–Crippen MR) is 81.3 cm³/mol. The number of carbonyl (C=O) groups excluding carboxylic acids is 1. The smallest absolute Gasteiger partial charge is 0.329 e. The number of nitrogens with one attached hydrogen (secondary N) is 1. The molecule has 1 aliphatic carbocycles.